The molecule has 20 heavy (non-hydrogen) atoms. The highest BCUT2D eigenvalue weighted by molar-refractivity contribution is 6.01. The van der Waals surface area contributed by atoms with Crippen molar-refractivity contribution in [3.05, 3.63) is 0 Å². The van der Waals surface area contributed by atoms with E-state index >= 15 is 0 Å². The van der Waals surface area contributed by atoms with Crippen molar-refractivity contribution in [1.29, 1.82) is 0 Å². The van der Waals surface area contributed by atoms with Gasteiger partial charge in [0, 0.05) is 18.9 Å². The molecule has 1 aliphatic heterocycles. The lowest BCUT2D eigenvalue weighted by atomic mass is 9.84. The molecule has 0 aromatic carbocycles. The summed E-state index contributed by atoms with van der Waals surface area (Å²) in [6.07, 6.45) is 6.24. The van der Waals surface area contributed by atoms with Gasteiger partial charge < -0.3 is 11.1 Å². The topological polar surface area (TPSA) is 101 Å². The number of piperidine rings is 1. The van der Waals surface area contributed by atoms with Gasteiger partial charge in [-0.3, -0.25) is 19.7 Å². The lowest BCUT2D eigenvalue weighted by molar-refractivity contribution is -0.137. The number of hydrogen-bond donors (Lipinski definition) is 3. The van der Waals surface area contributed by atoms with Gasteiger partial charge in [-0.05, 0) is 44.4 Å². The maximum absolute atomic E-state index is 11.8. The molecule has 1 unspecified atom stereocenters. The van der Waals surface area contributed by atoms with Crippen LogP contribution in [0.25, 0.3) is 0 Å². The molecule has 1 atom stereocenters. The zero-order valence-corrected chi connectivity index (χ0v) is 11.7. The number of hydrogen-bond acceptors (Lipinski definition) is 4. The summed E-state index contributed by atoms with van der Waals surface area (Å²) in [4.78, 5) is 34.4. The van der Waals surface area contributed by atoms with E-state index in [1.54, 1.807) is 0 Å². The zero-order chi connectivity index (χ0) is 14.5. The number of amides is 3. The average Bonchev–Trinajstić information content (AvgIpc) is 2.41. The Bertz CT molecular complexity index is 389. The van der Waals surface area contributed by atoms with Gasteiger partial charge in [0.1, 0.15) is 6.04 Å². The highest BCUT2D eigenvalue weighted by atomic mass is 16.2. The molecule has 2 rings (SSSR count). The van der Waals surface area contributed by atoms with Crippen LogP contribution >= 0.6 is 0 Å². The van der Waals surface area contributed by atoms with Gasteiger partial charge in [-0.1, -0.05) is 0 Å². The molecule has 4 N–H and O–H groups in total. The molecule has 0 spiro atoms. The van der Waals surface area contributed by atoms with Gasteiger partial charge >= 0.3 is 0 Å². The number of rotatable bonds is 4. The highest BCUT2D eigenvalue weighted by Crippen LogP contribution is 2.26. The van der Waals surface area contributed by atoms with Crippen LogP contribution in [0.4, 0.5) is 0 Å². The third kappa shape index (κ3) is 4.30. The minimum absolute atomic E-state index is 0.102. The Balaban J connectivity index is 1.67. The standard InChI is InChI=1S/C14H23N3O3/c15-10-4-1-9(2-5-10)3-7-12(18)16-11-6-8-13(19)17-14(11)20/h9-11H,1-8,15H2,(H,16,18)(H,17,19,20). The molecule has 0 radical (unpaired) electrons. The van der Waals surface area contributed by atoms with Gasteiger partial charge in [-0.2, -0.15) is 0 Å². The van der Waals surface area contributed by atoms with Gasteiger partial charge in [0.15, 0.2) is 0 Å². The van der Waals surface area contributed by atoms with Crippen LogP contribution in [-0.4, -0.2) is 29.8 Å². The summed E-state index contributed by atoms with van der Waals surface area (Å²) in [5.41, 5.74) is 5.85. The first-order valence-corrected chi connectivity index (χ1v) is 7.43. The van der Waals surface area contributed by atoms with E-state index in [4.69, 9.17) is 5.73 Å². The van der Waals surface area contributed by atoms with Gasteiger partial charge in [-0.15, -0.1) is 0 Å². The van der Waals surface area contributed by atoms with Crippen molar-refractivity contribution in [2.45, 2.75) is 63.5 Å². The van der Waals surface area contributed by atoms with Crippen molar-refractivity contribution < 1.29 is 14.4 Å². The minimum atomic E-state index is -0.556. The molecule has 112 valence electrons. The average molecular weight is 281 g/mol. The van der Waals surface area contributed by atoms with Crippen LogP contribution in [-0.2, 0) is 14.4 Å². The van der Waals surface area contributed by atoms with E-state index in [0.717, 1.165) is 32.1 Å². The molecular formula is C14H23N3O3. The van der Waals surface area contributed by atoms with Crippen molar-refractivity contribution in [3.63, 3.8) is 0 Å². The number of imide groups is 1. The number of carbonyl (C=O) groups is 3. The van der Waals surface area contributed by atoms with Crippen LogP contribution in [0, 0.1) is 5.92 Å². The second kappa shape index (κ2) is 6.83. The summed E-state index contributed by atoms with van der Waals surface area (Å²) in [6.45, 7) is 0. The Kier molecular flexibility index (Phi) is 5.11. The molecule has 6 heteroatoms. The number of nitrogens with two attached hydrogens (primary N) is 1. The SMILES string of the molecule is NC1CCC(CCC(=O)NC2CCC(=O)NC2=O)CC1. The summed E-state index contributed by atoms with van der Waals surface area (Å²) >= 11 is 0. The van der Waals surface area contributed by atoms with Gasteiger partial charge in [0.05, 0.1) is 0 Å². The van der Waals surface area contributed by atoms with E-state index in [9.17, 15) is 14.4 Å². The molecule has 3 amide bonds. The number of nitrogens with one attached hydrogen (secondary N) is 2. The van der Waals surface area contributed by atoms with Gasteiger partial charge in [0.2, 0.25) is 17.7 Å². The third-order valence-electron chi connectivity index (χ3n) is 4.25. The summed E-state index contributed by atoms with van der Waals surface area (Å²) in [5, 5.41) is 4.95. The summed E-state index contributed by atoms with van der Waals surface area (Å²) in [5.74, 6) is -0.186. The third-order valence-corrected chi connectivity index (χ3v) is 4.25. The van der Waals surface area contributed by atoms with Crippen molar-refractivity contribution in [3.8, 4) is 0 Å². The highest BCUT2D eigenvalue weighted by Gasteiger charge is 2.28. The normalized spacial score (nSPS) is 30.8. The van der Waals surface area contributed by atoms with Crippen molar-refractivity contribution in [1.82, 2.24) is 10.6 Å². The molecule has 2 fully saturated rings. The Morgan fingerprint density at radius 1 is 1.20 bits per heavy atom. The first kappa shape index (κ1) is 15.0. The maximum Gasteiger partial charge on any atom is 0.249 e. The molecule has 0 aromatic heterocycles. The molecular weight excluding hydrogens is 258 g/mol. The van der Waals surface area contributed by atoms with Crippen LogP contribution < -0.4 is 16.4 Å². The van der Waals surface area contributed by atoms with Crippen LogP contribution in [0.15, 0.2) is 0 Å². The van der Waals surface area contributed by atoms with E-state index in [1.165, 1.54) is 0 Å². The Morgan fingerprint density at radius 3 is 2.55 bits per heavy atom. The summed E-state index contributed by atoms with van der Waals surface area (Å²) in [6, 6.07) is -0.233. The fourth-order valence-corrected chi connectivity index (χ4v) is 2.91. The zero-order valence-electron chi connectivity index (χ0n) is 11.7. The fraction of sp³-hybridized carbons (Fsp3) is 0.786. The summed E-state index contributed by atoms with van der Waals surface area (Å²) < 4.78 is 0. The van der Waals surface area contributed by atoms with Crippen molar-refractivity contribution in [2.24, 2.45) is 11.7 Å². The van der Waals surface area contributed by atoms with Gasteiger partial charge in [0.25, 0.3) is 0 Å². The van der Waals surface area contributed by atoms with Crippen LogP contribution in [0.2, 0.25) is 0 Å². The molecule has 1 aliphatic carbocycles. The smallest absolute Gasteiger partial charge is 0.249 e. The molecule has 6 nitrogen and oxygen atoms in total. The molecule has 1 saturated carbocycles. The second-order valence-electron chi connectivity index (χ2n) is 5.89. The number of carbonyl (C=O) groups excluding carboxylic acids is 3. The Labute approximate surface area is 118 Å². The lowest BCUT2D eigenvalue weighted by Crippen LogP contribution is -2.52. The second-order valence-corrected chi connectivity index (χ2v) is 5.89. The van der Waals surface area contributed by atoms with Crippen molar-refractivity contribution in [2.75, 3.05) is 0 Å². The maximum atomic E-state index is 11.8. The predicted molar refractivity (Wildman–Crippen MR) is 73.5 cm³/mol. The Morgan fingerprint density at radius 2 is 1.90 bits per heavy atom. The van der Waals surface area contributed by atoms with E-state index in [0.29, 0.717) is 24.8 Å². The summed E-state index contributed by atoms with van der Waals surface area (Å²) in [7, 11) is 0. The fourth-order valence-electron chi connectivity index (χ4n) is 2.91. The predicted octanol–water partition coefficient (Wildman–Crippen LogP) is 0.206. The largest absolute Gasteiger partial charge is 0.344 e. The van der Waals surface area contributed by atoms with E-state index in [2.05, 4.69) is 10.6 Å². The van der Waals surface area contributed by atoms with E-state index < -0.39 is 11.9 Å². The van der Waals surface area contributed by atoms with Crippen LogP contribution in [0.1, 0.15) is 51.4 Å². The minimum Gasteiger partial charge on any atom is -0.344 e. The molecule has 0 bridgehead atoms. The monoisotopic (exact) mass is 281 g/mol. The molecule has 2 aliphatic rings. The van der Waals surface area contributed by atoms with E-state index in [-0.39, 0.29) is 18.2 Å². The molecule has 0 aromatic rings. The van der Waals surface area contributed by atoms with E-state index in [1.807, 2.05) is 0 Å². The van der Waals surface area contributed by atoms with Crippen LogP contribution in [0.3, 0.4) is 0 Å². The van der Waals surface area contributed by atoms with Crippen LogP contribution in [0.5, 0.6) is 0 Å². The lowest BCUT2D eigenvalue weighted by Gasteiger charge is -2.26. The first-order valence-electron chi connectivity index (χ1n) is 7.43. The van der Waals surface area contributed by atoms with Gasteiger partial charge in [-0.25, -0.2) is 0 Å². The van der Waals surface area contributed by atoms with Crippen molar-refractivity contribution >= 4 is 17.7 Å². The molecule has 1 heterocycles. The molecule has 1 saturated heterocycles. The quantitative estimate of drug-likeness (QED) is 0.641. The Hall–Kier alpha value is -1.43. The first-order chi connectivity index (χ1) is 9.54.